The summed E-state index contributed by atoms with van der Waals surface area (Å²) in [5.74, 6) is -0.878. The molecule has 0 radical (unpaired) electrons. The molecule has 0 bridgehead atoms. The number of phenolic OH excluding ortho intramolecular Hbond substituents is 1. The van der Waals surface area contributed by atoms with Gasteiger partial charge < -0.3 is 21.1 Å². The number of aromatic hydroxyl groups is 1. The second-order valence-corrected chi connectivity index (χ2v) is 10.8. The van der Waals surface area contributed by atoms with Crippen LogP contribution >= 0.6 is 0 Å². The molecule has 240 valence electrons. The average molecular weight is 604 g/mol. The van der Waals surface area contributed by atoms with Crippen LogP contribution in [0.5, 0.6) is 5.75 Å². The first kappa shape index (κ1) is 37.9. The number of hydrogen-bond acceptors (Lipinski definition) is 4. The van der Waals surface area contributed by atoms with E-state index in [0.29, 0.717) is 25.8 Å². The van der Waals surface area contributed by atoms with Crippen molar-refractivity contribution in [1.82, 2.24) is 16.0 Å². The van der Waals surface area contributed by atoms with Crippen molar-refractivity contribution in [2.24, 2.45) is 5.92 Å². The monoisotopic (exact) mass is 603 g/mol. The molecule has 44 heavy (non-hydrogen) atoms. The van der Waals surface area contributed by atoms with E-state index in [-0.39, 0.29) is 35.6 Å². The first-order chi connectivity index (χ1) is 21.3. The Morgan fingerprint density at radius 1 is 0.727 bits per heavy atom. The normalized spacial score (nSPS) is 12.9. The summed E-state index contributed by atoms with van der Waals surface area (Å²) >= 11 is 0. The summed E-state index contributed by atoms with van der Waals surface area (Å²) in [5.41, 5.74) is 0.119. The zero-order valence-electron chi connectivity index (χ0n) is 26.8. The molecule has 4 N–H and O–H groups in total. The molecular weight excluding hydrogens is 550 g/mol. The minimum absolute atomic E-state index is 0.0784. The molecule has 0 aromatic heterocycles. The standard InChI is InChI=1S/C37H53N3O4/c1-4-5-6-7-8-9-10-11-12-13-14-15-16-17-18-19-20-21-22-27-35(42)38-28-29-39-37(44)33(30-31(2)3)40-36(43)32-25-23-24-26-34(32)41/h5-6,8-9,11-12,14-15,17-18,20-21,23-26,31,33,41H,4,7,10,13,16,19,22,27-30H2,1-3H3,(H,38,42)(H,39,44)(H,40,43)/t33-/m0/s1. The molecule has 1 rings (SSSR count). The summed E-state index contributed by atoms with van der Waals surface area (Å²) in [6.07, 6.45) is 33.1. The third-order valence-corrected chi connectivity index (χ3v) is 6.36. The summed E-state index contributed by atoms with van der Waals surface area (Å²) in [6.45, 7) is 6.63. The van der Waals surface area contributed by atoms with Crippen LogP contribution in [0.4, 0.5) is 0 Å². The number of carbonyl (C=O) groups is 3. The summed E-state index contributed by atoms with van der Waals surface area (Å²) in [7, 11) is 0. The van der Waals surface area contributed by atoms with Crippen molar-refractivity contribution in [3.63, 3.8) is 0 Å². The number of hydrogen-bond donors (Lipinski definition) is 4. The average Bonchev–Trinajstić information content (AvgIpc) is 3.00. The Hall–Kier alpha value is -4.13. The molecule has 0 aliphatic carbocycles. The number of amides is 3. The van der Waals surface area contributed by atoms with Crippen molar-refractivity contribution in [3.8, 4) is 5.75 Å². The molecule has 0 heterocycles. The topological polar surface area (TPSA) is 108 Å². The van der Waals surface area contributed by atoms with Crippen molar-refractivity contribution in [3.05, 3.63) is 103 Å². The van der Waals surface area contributed by atoms with E-state index in [1.54, 1.807) is 12.1 Å². The molecule has 0 aliphatic rings. The van der Waals surface area contributed by atoms with E-state index in [0.717, 1.165) is 38.5 Å². The van der Waals surface area contributed by atoms with E-state index in [4.69, 9.17) is 0 Å². The number of rotatable bonds is 22. The van der Waals surface area contributed by atoms with Crippen LogP contribution in [0.3, 0.4) is 0 Å². The number of nitrogens with one attached hydrogen (secondary N) is 3. The highest BCUT2D eigenvalue weighted by molar-refractivity contribution is 5.99. The Morgan fingerprint density at radius 2 is 1.23 bits per heavy atom. The fraction of sp³-hybridized carbons (Fsp3) is 0.432. The number of benzene rings is 1. The van der Waals surface area contributed by atoms with E-state index in [1.807, 2.05) is 19.9 Å². The summed E-state index contributed by atoms with van der Waals surface area (Å²) in [4.78, 5) is 37.4. The Bertz CT molecular complexity index is 1150. The molecule has 0 aliphatic heterocycles. The van der Waals surface area contributed by atoms with Gasteiger partial charge >= 0.3 is 0 Å². The molecule has 1 atom stereocenters. The van der Waals surface area contributed by atoms with Gasteiger partial charge in [-0.2, -0.15) is 0 Å². The number of allylic oxidation sites excluding steroid dienone is 12. The van der Waals surface area contributed by atoms with Gasteiger partial charge in [-0.25, -0.2) is 0 Å². The van der Waals surface area contributed by atoms with E-state index < -0.39 is 11.9 Å². The van der Waals surface area contributed by atoms with Gasteiger partial charge in [0.1, 0.15) is 11.8 Å². The van der Waals surface area contributed by atoms with Crippen molar-refractivity contribution >= 4 is 17.7 Å². The maximum Gasteiger partial charge on any atom is 0.255 e. The van der Waals surface area contributed by atoms with E-state index in [2.05, 4.69) is 89.7 Å². The van der Waals surface area contributed by atoms with Crippen molar-refractivity contribution < 1.29 is 19.5 Å². The van der Waals surface area contributed by atoms with Gasteiger partial charge in [-0.1, -0.05) is 106 Å². The molecule has 0 fully saturated rings. The van der Waals surface area contributed by atoms with E-state index in [9.17, 15) is 19.5 Å². The molecule has 0 saturated carbocycles. The third kappa shape index (κ3) is 19.9. The molecule has 0 unspecified atom stereocenters. The maximum atomic E-state index is 12.7. The first-order valence-electron chi connectivity index (χ1n) is 15.9. The number of phenols is 1. The molecule has 0 saturated heterocycles. The Morgan fingerprint density at radius 3 is 1.75 bits per heavy atom. The highest BCUT2D eigenvalue weighted by Gasteiger charge is 2.23. The van der Waals surface area contributed by atoms with Crippen LogP contribution in [0.15, 0.2) is 97.2 Å². The van der Waals surface area contributed by atoms with Gasteiger partial charge in [0.2, 0.25) is 11.8 Å². The lowest BCUT2D eigenvalue weighted by Crippen LogP contribution is -2.48. The smallest absolute Gasteiger partial charge is 0.255 e. The Balaban J connectivity index is 2.17. The predicted octanol–water partition coefficient (Wildman–Crippen LogP) is 7.25. The van der Waals surface area contributed by atoms with Crippen LogP contribution in [0.1, 0.15) is 88.9 Å². The zero-order valence-corrected chi connectivity index (χ0v) is 26.8. The van der Waals surface area contributed by atoms with Crippen LogP contribution in [-0.4, -0.2) is 42.0 Å². The van der Waals surface area contributed by atoms with Crippen molar-refractivity contribution in [2.45, 2.75) is 84.6 Å². The van der Waals surface area contributed by atoms with Gasteiger partial charge in [-0.3, -0.25) is 14.4 Å². The fourth-order valence-corrected chi connectivity index (χ4v) is 4.06. The maximum absolute atomic E-state index is 12.7. The van der Waals surface area contributed by atoms with Gasteiger partial charge in [0.25, 0.3) is 5.91 Å². The number of carbonyl (C=O) groups excluding carboxylic acids is 3. The lowest BCUT2D eigenvalue weighted by Gasteiger charge is -2.20. The zero-order chi connectivity index (χ0) is 32.3. The van der Waals surface area contributed by atoms with Crippen LogP contribution in [0.25, 0.3) is 0 Å². The molecule has 0 spiro atoms. The molecule has 7 nitrogen and oxygen atoms in total. The van der Waals surface area contributed by atoms with Gasteiger partial charge in [0.05, 0.1) is 5.56 Å². The molecule has 3 amide bonds. The lowest BCUT2D eigenvalue weighted by atomic mass is 10.0. The lowest BCUT2D eigenvalue weighted by molar-refractivity contribution is -0.124. The van der Waals surface area contributed by atoms with E-state index >= 15 is 0 Å². The second-order valence-electron chi connectivity index (χ2n) is 10.8. The Labute approximate surface area is 265 Å². The first-order valence-corrected chi connectivity index (χ1v) is 15.9. The third-order valence-electron chi connectivity index (χ3n) is 6.36. The van der Waals surface area contributed by atoms with Crippen LogP contribution in [0, 0.1) is 5.92 Å². The molecule has 1 aromatic carbocycles. The highest BCUT2D eigenvalue weighted by Crippen LogP contribution is 2.16. The molecule has 7 heteroatoms. The molecular formula is C37H53N3O4. The number of para-hydroxylation sites is 1. The van der Waals surface area contributed by atoms with Gasteiger partial charge in [0, 0.05) is 19.5 Å². The van der Waals surface area contributed by atoms with Gasteiger partial charge in [-0.15, -0.1) is 0 Å². The van der Waals surface area contributed by atoms with Gasteiger partial charge in [0.15, 0.2) is 0 Å². The molecule has 1 aromatic rings. The minimum atomic E-state index is -0.745. The second kappa shape index (κ2) is 25.4. The largest absolute Gasteiger partial charge is 0.507 e. The predicted molar refractivity (Wildman–Crippen MR) is 182 cm³/mol. The SMILES string of the molecule is CCC=CCC=CCC=CCC=CCC=CCC=CCCC(=O)NCCNC(=O)[C@H](CC(C)C)NC(=O)c1ccccc1O. The van der Waals surface area contributed by atoms with Crippen LogP contribution in [-0.2, 0) is 9.59 Å². The summed E-state index contributed by atoms with van der Waals surface area (Å²) in [5, 5.41) is 18.2. The van der Waals surface area contributed by atoms with E-state index in [1.165, 1.54) is 12.1 Å². The summed E-state index contributed by atoms with van der Waals surface area (Å²) < 4.78 is 0. The van der Waals surface area contributed by atoms with Crippen LogP contribution < -0.4 is 16.0 Å². The van der Waals surface area contributed by atoms with Crippen molar-refractivity contribution in [1.29, 1.82) is 0 Å². The fourth-order valence-electron chi connectivity index (χ4n) is 4.06. The van der Waals surface area contributed by atoms with Crippen molar-refractivity contribution in [2.75, 3.05) is 13.1 Å². The van der Waals surface area contributed by atoms with Gasteiger partial charge in [-0.05, 0) is 69.4 Å². The quantitative estimate of drug-likeness (QED) is 0.0827. The minimum Gasteiger partial charge on any atom is -0.507 e. The Kier molecular flexibility index (Phi) is 21.9. The van der Waals surface area contributed by atoms with Crippen LogP contribution in [0.2, 0.25) is 0 Å². The highest BCUT2D eigenvalue weighted by atomic mass is 16.3. The summed E-state index contributed by atoms with van der Waals surface area (Å²) in [6, 6.07) is 5.47.